The van der Waals surface area contributed by atoms with E-state index in [-0.39, 0.29) is 5.69 Å². The first-order valence-electron chi connectivity index (χ1n) is 8.42. The van der Waals surface area contributed by atoms with Gasteiger partial charge in [-0.2, -0.15) is 0 Å². The Bertz CT molecular complexity index is 1100. The number of hydrogen-bond donors (Lipinski definition) is 1. The van der Waals surface area contributed by atoms with Crippen LogP contribution in [0.4, 0.5) is 0 Å². The smallest absolute Gasteiger partial charge is 0.267 e. The van der Waals surface area contributed by atoms with Gasteiger partial charge in [0.2, 0.25) is 0 Å². The fraction of sp³-hybridized carbons (Fsp3) is 0.143. The van der Waals surface area contributed by atoms with Gasteiger partial charge in [0.05, 0.1) is 18.5 Å². The Morgan fingerprint density at radius 3 is 2.77 bits per heavy atom. The van der Waals surface area contributed by atoms with Crippen LogP contribution in [0.2, 0.25) is 0 Å². The van der Waals surface area contributed by atoms with E-state index < -0.39 is 5.91 Å². The summed E-state index contributed by atoms with van der Waals surface area (Å²) in [7, 11) is 0. The standard InChI is InChI=1S/C21H19N3O2/c1-13-12-26-14(2)17(13)11-24-9-8-16-10-15(6-7-20(16)24)18-4-3-5-19(23-18)21(22)25/h3-10,12H,11H2,1-2H3,(H2,22,25). The molecule has 2 N–H and O–H groups in total. The molecule has 0 atom stereocenters. The molecule has 5 nitrogen and oxygen atoms in total. The van der Waals surface area contributed by atoms with Gasteiger partial charge in [-0.25, -0.2) is 4.98 Å². The fourth-order valence-electron chi connectivity index (χ4n) is 3.23. The average Bonchev–Trinajstić information content (AvgIpc) is 3.19. The molecule has 26 heavy (non-hydrogen) atoms. The molecule has 1 amide bonds. The Labute approximate surface area is 151 Å². The molecule has 3 aromatic heterocycles. The number of carbonyl (C=O) groups excluding carboxylic acids is 1. The highest BCUT2D eigenvalue weighted by molar-refractivity contribution is 5.91. The molecule has 3 heterocycles. The van der Waals surface area contributed by atoms with E-state index in [1.54, 1.807) is 18.4 Å². The molecule has 4 aromatic rings. The molecule has 0 aliphatic carbocycles. The van der Waals surface area contributed by atoms with E-state index in [1.807, 2.05) is 19.1 Å². The second kappa shape index (κ2) is 6.19. The largest absolute Gasteiger partial charge is 0.469 e. The van der Waals surface area contributed by atoms with Gasteiger partial charge in [0, 0.05) is 28.2 Å². The van der Waals surface area contributed by atoms with Crippen molar-refractivity contribution in [2.75, 3.05) is 0 Å². The number of primary amides is 1. The summed E-state index contributed by atoms with van der Waals surface area (Å²) < 4.78 is 7.71. The average molecular weight is 345 g/mol. The van der Waals surface area contributed by atoms with Gasteiger partial charge < -0.3 is 14.7 Å². The summed E-state index contributed by atoms with van der Waals surface area (Å²) >= 11 is 0. The van der Waals surface area contributed by atoms with Gasteiger partial charge in [0.15, 0.2) is 0 Å². The first kappa shape index (κ1) is 16.1. The summed E-state index contributed by atoms with van der Waals surface area (Å²) in [6.45, 7) is 4.82. The van der Waals surface area contributed by atoms with Crippen LogP contribution in [0.25, 0.3) is 22.2 Å². The Hall–Kier alpha value is -3.34. The van der Waals surface area contributed by atoms with Crippen LogP contribution < -0.4 is 5.73 Å². The first-order valence-corrected chi connectivity index (χ1v) is 8.42. The summed E-state index contributed by atoms with van der Waals surface area (Å²) in [5.41, 5.74) is 10.8. The molecule has 4 rings (SSSR count). The van der Waals surface area contributed by atoms with Gasteiger partial charge in [-0.05, 0) is 49.7 Å². The number of rotatable bonds is 4. The molecule has 0 spiro atoms. The number of nitrogens with zero attached hydrogens (tertiary/aromatic N) is 2. The fourth-order valence-corrected chi connectivity index (χ4v) is 3.23. The second-order valence-electron chi connectivity index (χ2n) is 6.44. The highest BCUT2D eigenvalue weighted by atomic mass is 16.3. The highest BCUT2D eigenvalue weighted by Crippen LogP contribution is 2.26. The van der Waals surface area contributed by atoms with E-state index in [9.17, 15) is 4.79 Å². The third kappa shape index (κ3) is 2.77. The maximum absolute atomic E-state index is 11.4. The number of benzene rings is 1. The van der Waals surface area contributed by atoms with E-state index >= 15 is 0 Å². The molecule has 0 bridgehead atoms. The number of carbonyl (C=O) groups is 1. The van der Waals surface area contributed by atoms with Crippen molar-refractivity contribution in [3.05, 3.63) is 77.5 Å². The van der Waals surface area contributed by atoms with E-state index in [1.165, 1.54) is 5.56 Å². The molecular weight excluding hydrogens is 326 g/mol. The Kier molecular flexibility index (Phi) is 3.84. The van der Waals surface area contributed by atoms with Crippen LogP contribution in [0, 0.1) is 13.8 Å². The third-order valence-electron chi connectivity index (χ3n) is 4.71. The van der Waals surface area contributed by atoms with Gasteiger partial charge in [0.25, 0.3) is 5.91 Å². The van der Waals surface area contributed by atoms with Crippen LogP contribution >= 0.6 is 0 Å². The lowest BCUT2D eigenvalue weighted by Gasteiger charge is -2.07. The van der Waals surface area contributed by atoms with Crippen molar-refractivity contribution in [1.82, 2.24) is 9.55 Å². The maximum atomic E-state index is 11.4. The van der Waals surface area contributed by atoms with Crippen LogP contribution in [0.1, 0.15) is 27.4 Å². The van der Waals surface area contributed by atoms with Crippen molar-refractivity contribution < 1.29 is 9.21 Å². The summed E-state index contributed by atoms with van der Waals surface area (Å²) in [5.74, 6) is 0.429. The van der Waals surface area contributed by atoms with E-state index in [4.69, 9.17) is 10.2 Å². The van der Waals surface area contributed by atoms with Crippen LogP contribution in [0.3, 0.4) is 0 Å². The number of aryl methyl sites for hydroxylation is 2. The lowest BCUT2D eigenvalue weighted by atomic mass is 10.1. The van der Waals surface area contributed by atoms with Crippen LogP contribution in [-0.2, 0) is 6.54 Å². The number of nitrogens with two attached hydrogens (primary N) is 1. The van der Waals surface area contributed by atoms with E-state index in [0.29, 0.717) is 0 Å². The van der Waals surface area contributed by atoms with E-state index in [0.717, 1.165) is 40.0 Å². The highest BCUT2D eigenvalue weighted by Gasteiger charge is 2.11. The zero-order chi connectivity index (χ0) is 18.3. The Morgan fingerprint density at radius 1 is 1.19 bits per heavy atom. The van der Waals surface area contributed by atoms with Crippen molar-refractivity contribution in [2.24, 2.45) is 5.73 Å². The van der Waals surface area contributed by atoms with E-state index in [2.05, 4.69) is 40.9 Å². The lowest BCUT2D eigenvalue weighted by molar-refractivity contribution is 0.0995. The predicted molar refractivity (Wildman–Crippen MR) is 101 cm³/mol. The zero-order valence-corrected chi connectivity index (χ0v) is 14.7. The molecular formula is C21H19N3O2. The zero-order valence-electron chi connectivity index (χ0n) is 14.7. The molecule has 0 saturated carbocycles. The summed E-state index contributed by atoms with van der Waals surface area (Å²) in [4.78, 5) is 15.7. The topological polar surface area (TPSA) is 74.1 Å². The molecule has 0 radical (unpaired) electrons. The predicted octanol–water partition coefficient (Wildman–Crippen LogP) is 4.06. The molecule has 5 heteroatoms. The molecule has 0 saturated heterocycles. The molecule has 130 valence electrons. The SMILES string of the molecule is Cc1coc(C)c1Cn1ccc2cc(-c3cccc(C(N)=O)n3)ccc21. The van der Waals surface area contributed by atoms with Gasteiger partial charge in [-0.15, -0.1) is 0 Å². The minimum absolute atomic E-state index is 0.270. The lowest BCUT2D eigenvalue weighted by Crippen LogP contribution is -2.12. The van der Waals surface area contributed by atoms with Crippen molar-refractivity contribution in [1.29, 1.82) is 0 Å². The van der Waals surface area contributed by atoms with Crippen molar-refractivity contribution in [3.8, 4) is 11.3 Å². The normalized spacial score (nSPS) is 11.2. The van der Waals surface area contributed by atoms with Crippen molar-refractivity contribution >= 4 is 16.8 Å². The number of amides is 1. The van der Waals surface area contributed by atoms with Gasteiger partial charge in [0.1, 0.15) is 11.5 Å². The summed E-state index contributed by atoms with van der Waals surface area (Å²) in [6.07, 6.45) is 3.87. The van der Waals surface area contributed by atoms with Gasteiger partial charge >= 0.3 is 0 Å². The number of aromatic nitrogens is 2. The van der Waals surface area contributed by atoms with Gasteiger partial charge in [-0.3, -0.25) is 4.79 Å². The number of furan rings is 1. The van der Waals surface area contributed by atoms with Crippen LogP contribution in [0.5, 0.6) is 0 Å². The number of pyridine rings is 1. The molecule has 0 unspecified atom stereocenters. The maximum Gasteiger partial charge on any atom is 0.267 e. The molecule has 0 aliphatic rings. The Balaban J connectivity index is 1.72. The second-order valence-corrected chi connectivity index (χ2v) is 6.44. The minimum atomic E-state index is -0.523. The minimum Gasteiger partial charge on any atom is -0.469 e. The quantitative estimate of drug-likeness (QED) is 0.606. The van der Waals surface area contributed by atoms with Crippen LogP contribution in [0.15, 0.2) is 59.3 Å². The molecule has 0 fully saturated rings. The molecule has 0 aliphatic heterocycles. The monoisotopic (exact) mass is 345 g/mol. The van der Waals surface area contributed by atoms with Crippen LogP contribution in [-0.4, -0.2) is 15.5 Å². The summed E-state index contributed by atoms with van der Waals surface area (Å²) in [5, 5.41) is 1.12. The first-order chi connectivity index (χ1) is 12.5. The van der Waals surface area contributed by atoms with Gasteiger partial charge in [-0.1, -0.05) is 12.1 Å². The number of hydrogen-bond acceptors (Lipinski definition) is 3. The summed E-state index contributed by atoms with van der Waals surface area (Å²) in [6, 6.07) is 13.5. The van der Waals surface area contributed by atoms with Crippen molar-refractivity contribution in [2.45, 2.75) is 20.4 Å². The number of fused-ring (bicyclic) bond motifs is 1. The Morgan fingerprint density at radius 2 is 2.04 bits per heavy atom. The van der Waals surface area contributed by atoms with Crippen molar-refractivity contribution in [3.63, 3.8) is 0 Å². The molecule has 1 aromatic carbocycles. The third-order valence-corrected chi connectivity index (χ3v) is 4.71.